The van der Waals surface area contributed by atoms with E-state index in [-0.39, 0.29) is 0 Å². The molecule has 0 saturated heterocycles. The highest BCUT2D eigenvalue weighted by Gasteiger charge is 2.10. The van der Waals surface area contributed by atoms with Crippen molar-refractivity contribution in [3.8, 4) is 6.07 Å². The number of benzene rings is 1. The Balaban J connectivity index is 2.39. The topological polar surface area (TPSA) is 44.0 Å². The van der Waals surface area contributed by atoms with Gasteiger partial charge in [0.15, 0.2) is 0 Å². The summed E-state index contributed by atoms with van der Waals surface area (Å²) in [5.41, 5.74) is 1.48. The lowest BCUT2D eigenvalue weighted by atomic mass is 10.1. The molecule has 17 heavy (non-hydrogen) atoms. The Kier molecular flexibility index (Phi) is 3.85. The van der Waals surface area contributed by atoms with E-state index in [2.05, 4.69) is 6.07 Å². The van der Waals surface area contributed by atoms with Crippen LogP contribution in [0.15, 0.2) is 44.8 Å². The molecule has 86 valence electrons. The summed E-state index contributed by atoms with van der Waals surface area (Å²) in [5, 5.41) is 20.6. The molecule has 0 fully saturated rings. The van der Waals surface area contributed by atoms with Crippen molar-refractivity contribution in [1.29, 1.82) is 5.26 Å². The van der Waals surface area contributed by atoms with Crippen LogP contribution in [-0.4, -0.2) is 5.11 Å². The Hall–Kier alpha value is -1.28. The Bertz CT molecular complexity index is 541. The van der Waals surface area contributed by atoms with Gasteiger partial charge in [0.2, 0.25) is 0 Å². The average molecular weight is 261 g/mol. The lowest BCUT2D eigenvalue weighted by Crippen LogP contribution is -1.94. The molecule has 1 atom stereocenters. The first-order chi connectivity index (χ1) is 8.20. The molecular weight excluding hydrogens is 250 g/mol. The highest BCUT2D eigenvalue weighted by atomic mass is 32.2. The summed E-state index contributed by atoms with van der Waals surface area (Å²) >= 11 is 3.24. The van der Waals surface area contributed by atoms with Crippen molar-refractivity contribution < 1.29 is 5.11 Å². The second-order valence-corrected chi connectivity index (χ2v) is 5.86. The summed E-state index contributed by atoms with van der Waals surface area (Å²) in [4.78, 5) is 0.946. The fourth-order valence-corrected chi connectivity index (χ4v) is 3.45. The SMILES string of the molecule is C[C@@H](O)c1ccc(C#N)cc1Sc1cccs1. The largest absolute Gasteiger partial charge is 0.389 e. The fraction of sp³-hybridized carbons (Fsp3) is 0.154. The molecule has 0 aliphatic carbocycles. The highest BCUT2D eigenvalue weighted by Crippen LogP contribution is 2.36. The van der Waals surface area contributed by atoms with Crippen molar-refractivity contribution in [2.24, 2.45) is 0 Å². The smallest absolute Gasteiger partial charge is 0.0992 e. The van der Waals surface area contributed by atoms with Gasteiger partial charge in [0.1, 0.15) is 0 Å². The third-order valence-electron chi connectivity index (χ3n) is 2.30. The van der Waals surface area contributed by atoms with E-state index < -0.39 is 6.10 Å². The summed E-state index contributed by atoms with van der Waals surface area (Å²) in [7, 11) is 0. The van der Waals surface area contributed by atoms with Gasteiger partial charge in [0, 0.05) is 4.90 Å². The fourth-order valence-electron chi connectivity index (χ4n) is 1.47. The predicted molar refractivity (Wildman–Crippen MR) is 70.2 cm³/mol. The molecular formula is C13H11NOS2. The van der Waals surface area contributed by atoms with Gasteiger partial charge in [0.25, 0.3) is 0 Å². The van der Waals surface area contributed by atoms with E-state index in [0.717, 1.165) is 14.7 Å². The number of aliphatic hydroxyl groups is 1. The summed E-state index contributed by atoms with van der Waals surface area (Å²) < 4.78 is 1.15. The lowest BCUT2D eigenvalue weighted by molar-refractivity contribution is 0.196. The van der Waals surface area contributed by atoms with Gasteiger partial charge in [-0.3, -0.25) is 0 Å². The number of aliphatic hydroxyl groups excluding tert-OH is 1. The normalized spacial score (nSPS) is 12.1. The molecule has 2 aromatic rings. The molecule has 2 nitrogen and oxygen atoms in total. The summed E-state index contributed by atoms with van der Waals surface area (Å²) in [5.74, 6) is 0. The Morgan fingerprint density at radius 1 is 1.41 bits per heavy atom. The molecule has 0 aliphatic rings. The van der Waals surface area contributed by atoms with Crippen LogP contribution in [0.3, 0.4) is 0 Å². The van der Waals surface area contributed by atoms with Gasteiger partial charge in [-0.25, -0.2) is 0 Å². The lowest BCUT2D eigenvalue weighted by Gasteiger charge is -2.10. The maximum absolute atomic E-state index is 9.70. The molecule has 0 spiro atoms. The van der Waals surface area contributed by atoms with E-state index in [9.17, 15) is 5.11 Å². The Morgan fingerprint density at radius 2 is 2.24 bits per heavy atom. The zero-order valence-electron chi connectivity index (χ0n) is 9.25. The maximum Gasteiger partial charge on any atom is 0.0992 e. The van der Waals surface area contributed by atoms with Crippen LogP contribution in [0.2, 0.25) is 0 Å². The van der Waals surface area contributed by atoms with Crippen molar-refractivity contribution in [2.45, 2.75) is 22.1 Å². The van der Waals surface area contributed by atoms with Crippen LogP contribution < -0.4 is 0 Å². The zero-order chi connectivity index (χ0) is 12.3. The van der Waals surface area contributed by atoms with Crippen LogP contribution in [0.5, 0.6) is 0 Å². The molecule has 0 saturated carbocycles. The van der Waals surface area contributed by atoms with Crippen LogP contribution in [0.25, 0.3) is 0 Å². The van der Waals surface area contributed by atoms with E-state index in [1.807, 2.05) is 29.6 Å². The molecule has 1 aromatic heterocycles. The van der Waals surface area contributed by atoms with Gasteiger partial charge in [-0.15, -0.1) is 11.3 Å². The van der Waals surface area contributed by atoms with Crippen molar-refractivity contribution in [2.75, 3.05) is 0 Å². The maximum atomic E-state index is 9.70. The van der Waals surface area contributed by atoms with Crippen LogP contribution in [0.1, 0.15) is 24.2 Å². The number of hydrogen-bond acceptors (Lipinski definition) is 4. The molecule has 0 bridgehead atoms. The summed E-state index contributed by atoms with van der Waals surface area (Å²) in [6.45, 7) is 1.74. The number of hydrogen-bond donors (Lipinski definition) is 1. The van der Waals surface area contributed by atoms with Gasteiger partial charge in [-0.1, -0.05) is 23.9 Å². The van der Waals surface area contributed by atoms with Gasteiger partial charge in [0.05, 0.1) is 21.9 Å². The van der Waals surface area contributed by atoms with Crippen LogP contribution in [0, 0.1) is 11.3 Å². The van der Waals surface area contributed by atoms with Crippen molar-refractivity contribution >= 4 is 23.1 Å². The predicted octanol–water partition coefficient (Wildman–Crippen LogP) is 3.82. The quantitative estimate of drug-likeness (QED) is 0.913. The van der Waals surface area contributed by atoms with Crippen LogP contribution in [0.4, 0.5) is 0 Å². The van der Waals surface area contributed by atoms with E-state index >= 15 is 0 Å². The van der Waals surface area contributed by atoms with Gasteiger partial charge >= 0.3 is 0 Å². The second-order valence-electron chi connectivity index (χ2n) is 3.57. The van der Waals surface area contributed by atoms with Gasteiger partial charge in [-0.05, 0) is 36.1 Å². The number of thiophene rings is 1. The third-order valence-corrected chi connectivity index (χ3v) is 4.41. The van der Waals surface area contributed by atoms with Crippen molar-refractivity contribution in [3.05, 3.63) is 46.8 Å². The number of nitriles is 1. The first-order valence-electron chi connectivity index (χ1n) is 5.14. The standard InChI is InChI=1S/C13H11NOS2/c1-9(15)11-5-4-10(8-14)7-12(11)17-13-3-2-6-16-13/h2-7,9,15H,1H3/t9-/m1/s1. The second kappa shape index (κ2) is 5.37. The molecule has 4 heteroatoms. The first kappa shape index (κ1) is 12.2. The van der Waals surface area contributed by atoms with Crippen molar-refractivity contribution in [3.63, 3.8) is 0 Å². The van der Waals surface area contributed by atoms with Crippen molar-refractivity contribution in [1.82, 2.24) is 0 Å². The molecule has 0 aliphatic heterocycles. The molecule has 2 rings (SSSR count). The molecule has 1 N–H and O–H groups in total. The number of rotatable bonds is 3. The van der Waals surface area contributed by atoms with E-state index in [4.69, 9.17) is 5.26 Å². The average Bonchev–Trinajstić information content (AvgIpc) is 2.81. The van der Waals surface area contributed by atoms with E-state index in [0.29, 0.717) is 5.56 Å². The Morgan fingerprint density at radius 3 is 2.82 bits per heavy atom. The van der Waals surface area contributed by atoms with Gasteiger partial charge in [-0.2, -0.15) is 5.26 Å². The summed E-state index contributed by atoms with van der Waals surface area (Å²) in [6.07, 6.45) is -0.523. The van der Waals surface area contributed by atoms with Crippen LogP contribution in [-0.2, 0) is 0 Å². The van der Waals surface area contributed by atoms with Gasteiger partial charge < -0.3 is 5.11 Å². The minimum atomic E-state index is -0.523. The van der Waals surface area contributed by atoms with Crippen LogP contribution >= 0.6 is 23.1 Å². The first-order valence-corrected chi connectivity index (χ1v) is 6.84. The molecule has 0 unspecified atom stereocenters. The molecule has 1 aromatic carbocycles. The molecule has 0 amide bonds. The Labute approximate surface area is 109 Å². The monoisotopic (exact) mass is 261 g/mol. The molecule has 1 heterocycles. The molecule has 0 radical (unpaired) electrons. The summed E-state index contributed by atoms with van der Waals surface area (Å²) in [6, 6.07) is 11.5. The highest BCUT2D eigenvalue weighted by molar-refractivity contribution is 8.01. The minimum Gasteiger partial charge on any atom is -0.389 e. The minimum absolute atomic E-state index is 0.523. The van der Waals surface area contributed by atoms with E-state index in [1.165, 1.54) is 0 Å². The zero-order valence-corrected chi connectivity index (χ0v) is 10.9. The number of nitrogens with zero attached hydrogens (tertiary/aromatic N) is 1. The van der Waals surface area contributed by atoms with E-state index in [1.54, 1.807) is 36.1 Å². The third kappa shape index (κ3) is 2.89.